The van der Waals surface area contributed by atoms with Gasteiger partial charge in [0.25, 0.3) is 0 Å². The molecule has 2 N–H and O–H groups in total. The normalized spacial score (nSPS) is 23.7. The number of nitrogens with zero attached hydrogens (tertiary/aromatic N) is 1. The molecular weight excluding hydrogens is 210 g/mol. The van der Waals surface area contributed by atoms with E-state index in [1.165, 1.54) is 4.90 Å². The highest BCUT2D eigenvalue weighted by atomic mass is 16.2. The zero-order valence-corrected chi connectivity index (χ0v) is 9.16. The summed E-state index contributed by atoms with van der Waals surface area (Å²) < 4.78 is 0. The Balaban J connectivity index is 1.97. The maximum absolute atomic E-state index is 12.0. The molecule has 0 bridgehead atoms. The van der Waals surface area contributed by atoms with E-state index in [0.717, 1.165) is 13.1 Å². The summed E-state index contributed by atoms with van der Waals surface area (Å²) in [4.78, 5) is 35.6. The molecule has 2 rings (SSSR count). The average molecular weight is 225 g/mol. The van der Waals surface area contributed by atoms with Crippen molar-refractivity contribution in [3.05, 3.63) is 0 Å². The number of amides is 3. The second-order valence-corrected chi connectivity index (χ2v) is 4.37. The van der Waals surface area contributed by atoms with Crippen LogP contribution in [0.4, 0.5) is 0 Å². The van der Waals surface area contributed by atoms with Crippen LogP contribution in [0.25, 0.3) is 0 Å². The molecule has 0 aromatic heterocycles. The zero-order chi connectivity index (χ0) is 11.7. The Labute approximate surface area is 93.4 Å². The lowest BCUT2D eigenvalue weighted by molar-refractivity contribution is -0.148. The van der Waals surface area contributed by atoms with Gasteiger partial charge in [0.05, 0.1) is 0 Å². The van der Waals surface area contributed by atoms with Crippen molar-refractivity contribution >= 4 is 17.7 Å². The maximum atomic E-state index is 12.0. The van der Waals surface area contributed by atoms with Crippen molar-refractivity contribution in [1.29, 1.82) is 0 Å². The lowest BCUT2D eigenvalue weighted by atomic mass is 9.88. The van der Waals surface area contributed by atoms with Crippen molar-refractivity contribution in [3.63, 3.8) is 0 Å². The molecule has 0 radical (unpaired) electrons. The van der Waals surface area contributed by atoms with Crippen LogP contribution in [0.15, 0.2) is 0 Å². The maximum Gasteiger partial charge on any atom is 0.246 e. The summed E-state index contributed by atoms with van der Waals surface area (Å²) in [7, 11) is 0. The first-order chi connectivity index (χ1) is 7.58. The van der Waals surface area contributed by atoms with Crippen molar-refractivity contribution in [1.82, 2.24) is 15.5 Å². The molecule has 2 fully saturated rings. The molecule has 0 aliphatic carbocycles. The molecule has 6 nitrogen and oxygen atoms in total. The van der Waals surface area contributed by atoms with Gasteiger partial charge in [-0.15, -0.1) is 0 Å². The summed E-state index contributed by atoms with van der Waals surface area (Å²) in [5, 5.41) is 5.28. The van der Waals surface area contributed by atoms with Gasteiger partial charge >= 0.3 is 0 Å². The largest absolute Gasteiger partial charge is 0.324 e. The summed E-state index contributed by atoms with van der Waals surface area (Å²) in [5.41, 5.74) is 0. The van der Waals surface area contributed by atoms with Crippen molar-refractivity contribution in [2.45, 2.75) is 6.92 Å². The van der Waals surface area contributed by atoms with Gasteiger partial charge in [0.2, 0.25) is 17.7 Å². The van der Waals surface area contributed by atoms with Crippen LogP contribution < -0.4 is 10.6 Å². The van der Waals surface area contributed by atoms with Gasteiger partial charge in [-0.2, -0.15) is 0 Å². The van der Waals surface area contributed by atoms with E-state index in [1.54, 1.807) is 0 Å². The minimum atomic E-state index is -0.400. The Morgan fingerprint density at radius 2 is 1.88 bits per heavy atom. The molecule has 0 spiro atoms. The van der Waals surface area contributed by atoms with Gasteiger partial charge in [0.15, 0.2) is 0 Å². The molecule has 0 saturated carbocycles. The number of imide groups is 1. The highest BCUT2D eigenvalue weighted by Gasteiger charge is 2.34. The molecular formula is C10H15N3O3. The van der Waals surface area contributed by atoms with Gasteiger partial charge in [-0.05, 0) is 19.0 Å². The Morgan fingerprint density at radius 1 is 1.31 bits per heavy atom. The van der Waals surface area contributed by atoms with E-state index in [0.29, 0.717) is 5.92 Å². The van der Waals surface area contributed by atoms with Gasteiger partial charge in [-0.3, -0.25) is 19.7 Å². The van der Waals surface area contributed by atoms with Gasteiger partial charge in [0, 0.05) is 5.92 Å². The van der Waals surface area contributed by atoms with Crippen molar-refractivity contribution in [2.75, 3.05) is 26.2 Å². The molecule has 88 valence electrons. The minimum absolute atomic E-state index is 0.00490. The smallest absolute Gasteiger partial charge is 0.246 e. The molecule has 16 heavy (non-hydrogen) atoms. The van der Waals surface area contributed by atoms with E-state index in [9.17, 15) is 14.4 Å². The lowest BCUT2D eigenvalue weighted by Gasteiger charge is -2.35. The summed E-state index contributed by atoms with van der Waals surface area (Å²) in [6.45, 7) is 3.51. The molecule has 1 atom stereocenters. The Kier molecular flexibility index (Phi) is 2.91. The van der Waals surface area contributed by atoms with Gasteiger partial charge in [-0.25, -0.2) is 0 Å². The van der Waals surface area contributed by atoms with Crippen LogP contribution in [0.5, 0.6) is 0 Å². The second-order valence-electron chi connectivity index (χ2n) is 4.37. The first-order valence-corrected chi connectivity index (χ1v) is 5.40. The number of carbonyl (C=O) groups excluding carboxylic acids is 3. The zero-order valence-electron chi connectivity index (χ0n) is 9.16. The van der Waals surface area contributed by atoms with Crippen molar-refractivity contribution in [2.24, 2.45) is 11.8 Å². The molecule has 0 aromatic carbocycles. The Morgan fingerprint density at radius 3 is 2.31 bits per heavy atom. The predicted molar refractivity (Wildman–Crippen MR) is 55.3 cm³/mol. The van der Waals surface area contributed by atoms with E-state index >= 15 is 0 Å². The highest BCUT2D eigenvalue weighted by Crippen LogP contribution is 2.18. The Bertz CT molecular complexity index is 322. The summed E-state index contributed by atoms with van der Waals surface area (Å²) >= 11 is 0. The van der Waals surface area contributed by atoms with Crippen molar-refractivity contribution in [3.8, 4) is 0 Å². The van der Waals surface area contributed by atoms with Crippen LogP contribution in [0.1, 0.15) is 6.92 Å². The van der Waals surface area contributed by atoms with Crippen LogP contribution in [0.3, 0.4) is 0 Å². The predicted octanol–water partition coefficient (Wildman–Crippen LogP) is -1.67. The standard InChI is InChI=1S/C10H15N3O3/c1-6(7-2-11-3-7)10(16)13-4-8(14)12-9(15)5-13/h6-7,11H,2-5H2,1H3,(H,12,14,15). The van der Waals surface area contributed by atoms with Crippen molar-refractivity contribution < 1.29 is 14.4 Å². The van der Waals surface area contributed by atoms with Crippen LogP contribution in [0, 0.1) is 11.8 Å². The number of piperazine rings is 1. The summed E-state index contributed by atoms with van der Waals surface area (Å²) in [6.07, 6.45) is 0. The van der Waals surface area contributed by atoms with Crippen LogP contribution in [-0.2, 0) is 14.4 Å². The second kappa shape index (κ2) is 4.21. The summed E-state index contributed by atoms with van der Waals surface area (Å²) in [6, 6.07) is 0. The van der Waals surface area contributed by atoms with E-state index in [2.05, 4.69) is 10.6 Å². The first-order valence-electron chi connectivity index (χ1n) is 5.40. The van der Waals surface area contributed by atoms with Crippen LogP contribution in [0.2, 0.25) is 0 Å². The third kappa shape index (κ3) is 2.06. The molecule has 2 aliphatic heterocycles. The monoisotopic (exact) mass is 225 g/mol. The fraction of sp³-hybridized carbons (Fsp3) is 0.700. The molecule has 2 aliphatic rings. The molecule has 6 heteroatoms. The van der Waals surface area contributed by atoms with Crippen LogP contribution in [-0.4, -0.2) is 48.8 Å². The SMILES string of the molecule is CC(C(=O)N1CC(=O)NC(=O)C1)C1CNC1. The molecule has 1 unspecified atom stereocenters. The number of hydrogen-bond acceptors (Lipinski definition) is 4. The fourth-order valence-electron chi connectivity index (χ4n) is 1.95. The molecule has 0 aromatic rings. The highest BCUT2D eigenvalue weighted by molar-refractivity contribution is 6.02. The van der Waals surface area contributed by atoms with E-state index < -0.39 is 11.8 Å². The number of nitrogens with one attached hydrogen (secondary N) is 2. The van der Waals surface area contributed by atoms with Crippen LogP contribution >= 0.6 is 0 Å². The van der Waals surface area contributed by atoms with E-state index in [-0.39, 0.29) is 24.9 Å². The third-order valence-electron chi connectivity index (χ3n) is 3.17. The first kappa shape index (κ1) is 11.1. The molecule has 2 heterocycles. The Hall–Kier alpha value is -1.43. The van der Waals surface area contributed by atoms with E-state index in [4.69, 9.17) is 0 Å². The lowest BCUT2D eigenvalue weighted by Crippen LogP contribution is -2.57. The van der Waals surface area contributed by atoms with Gasteiger partial charge < -0.3 is 10.2 Å². The fourth-order valence-corrected chi connectivity index (χ4v) is 1.95. The summed E-state index contributed by atoms with van der Waals surface area (Å²) in [5.74, 6) is -0.700. The molecule has 2 saturated heterocycles. The average Bonchev–Trinajstić information content (AvgIpc) is 2.12. The van der Waals surface area contributed by atoms with Gasteiger partial charge in [-0.1, -0.05) is 6.92 Å². The quantitative estimate of drug-likeness (QED) is 0.551. The third-order valence-corrected chi connectivity index (χ3v) is 3.17. The number of carbonyl (C=O) groups is 3. The number of rotatable bonds is 2. The van der Waals surface area contributed by atoms with Gasteiger partial charge in [0.1, 0.15) is 13.1 Å². The minimum Gasteiger partial charge on any atom is -0.324 e. The molecule has 3 amide bonds. The van der Waals surface area contributed by atoms with E-state index in [1.807, 2.05) is 6.92 Å². The topological polar surface area (TPSA) is 78.5 Å². The number of hydrogen-bond donors (Lipinski definition) is 2.